The van der Waals surface area contributed by atoms with Gasteiger partial charge in [-0.3, -0.25) is 19.2 Å². The van der Waals surface area contributed by atoms with E-state index in [-0.39, 0.29) is 42.0 Å². The number of amides is 3. The van der Waals surface area contributed by atoms with Gasteiger partial charge in [0, 0.05) is 37.5 Å². The Morgan fingerprint density at radius 1 is 1.05 bits per heavy atom. The van der Waals surface area contributed by atoms with Gasteiger partial charge in [0.2, 0.25) is 5.91 Å². The normalized spacial score (nSPS) is 19.4. The first-order valence-corrected chi connectivity index (χ1v) is 13.0. The summed E-state index contributed by atoms with van der Waals surface area (Å²) < 4.78 is 5.23. The number of rotatable bonds is 8. The third-order valence-corrected chi connectivity index (χ3v) is 7.24. The van der Waals surface area contributed by atoms with E-state index in [2.05, 4.69) is 5.32 Å². The van der Waals surface area contributed by atoms with Gasteiger partial charge in [0.25, 0.3) is 11.8 Å². The minimum atomic E-state index is -0.772. The van der Waals surface area contributed by atoms with Crippen LogP contribution in [0.4, 0.5) is 5.69 Å². The molecule has 0 bridgehead atoms. The number of Topliss-reactive ketones (excluding diaryl/α,β-unsaturated/α-hetero) is 1. The maximum Gasteiger partial charge on any atom is 0.254 e. The first kappa shape index (κ1) is 27.2. The predicted molar refractivity (Wildman–Crippen MR) is 144 cm³/mol. The lowest BCUT2D eigenvalue weighted by Crippen LogP contribution is -2.53. The van der Waals surface area contributed by atoms with Crippen molar-refractivity contribution in [3.05, 3.63) is 59.7 Å². The summed E-state index contributed by atoms with van der Waals surface area (Å²) in [7, 11) is 5.38. The van der Waals surface area contributed by atoms with Crippen LogP contribution in [0.3, 0.4) is 0 Å². The van der Waals surface area contributed by atoms with E-state index >= 15 is 0 Å². The summed E-state index contributed by atoms with van der Waals surface area (Å²) in [6, 6.07) is 12.1. The predicted octanol–water partition coefficient (Wildman–Crippen LogP) is 2.60. The zero-order valence-corrected chi connectivity index (χ0v) is 22.6. The molecular formula is C29H36N4O5. The number of nitrogens with zero attached hydrogens (tertiary/aromatic N) is 3. The zero-order chi connectivity index (χ0) is 27.6. The van der Waals surface area contributed by atoms with Crippen molar-refractivity contribution in [3.63, 3.8) is 0 Å². The maximum atomic E-state index is 13.7. The standard InChI is InChI=1S/C29H36N4O5/c1-18(2)15-23(30-27(35)19-9-11-21(12-10-19)31(3)4)29(37)32-14-13-24-26(32)25(34)17-33(24)28(36)20-7-6-8-22(16-20)38-5/h6-12,16,18,23-24,26H,13-15,17H2,1-5H3,(H,30,35)/t23-,24?,26-/m0/s1. The van der Waals surface area contributed by atoms with E-state index in [1.165, 1.54) is 7.11 Å². The molecule has 2 aliphatic heterocycles. The molecule has 2 aromatic rings. The van der Waals surface area contributed by atoms with E-state index in [4.69, 9.17) is 4.74 Å². The van der Waals surface area contributed by atoms with Crippen LogP contribution in [-0.2, 0) is 9.59 Å². The summed E-state index contributed by atoms with van der Waals surface area (Å²) in [6.45, 7) is 4.28. The van der Waals surface area contributed by atoms with Crippen molar-refractivity contribution in [1.29, 1.82) is 0 Å². The number of ether oxygens (including phenoxy) is 1. The van der Waals surface area contributed by atoms with Crippen LogP contribution in [0.1, 0.15) is 47.4 Å². The third kappa shape index (κ3) is 5.51. The van der Waals surface area contributed by atoms with Gasteiger partial charge in [0.05, 0.1) is 19.7 Å². The average molecular weight is 521 g/mol. The molecule has 0 spiro atoms. The van der Waals surface area contributed by atoms with Crippen molar-refractivity contribution in [2.75, 3.05) is 39.2 Å². The second-order valence-electron chi connectivity index (χ2n) is 10.6. The number of ketones is 1. The highest BCUT2D eigenvalue weighted by Gasteiger charge is 2.52. The molecule has 1 unspecified atom stereocenters. The molecular weight excluding hydrogens is 484 g/mol. The molecule has 0 saturated carbocycles. The van der Waals surface area contributed by atoms with Crippen molar-refractivity contribution in [2.45, 2.75) is 44.8 Å². The topological polar surface area (TPSA) is 99.3 Å². The van der Waals surface area contributed by atoms with E-state index in [0.29, 0.717) is 36.3 Å². The van der Waals surface area contributed by atoms with Crippen molar-refractivity contribution >= 4 is 29.2 Å². The number of carbonyl (C=O) groups excluding carboxylic acids is 4. The van der Waals surface area contributed by atoms with Crippen LogP contribution >= 0.6 is 0 Å². The van der Waals surface area contributed by atoms with Crippen LogP contribution in [-0.4, -0.2) is 85.7 Å². The van der Waals surface area contributed by atoms with Gasteiger partial charge >= 0.3 is 0 Å². The monoisotopic (exact) mass is 520 g/mol. The molecule has 2 aliphatic rings. The molecule has 1 N–H and O–H groups in total. The van der Waals surface area contributed by atoms with Gasteiger partial charge < -0.3 is 24.8 Å². The largest absolute Gasteiger partial charge is 0.497 e. The van der Waals surface area contributed by atoms with Crippen molar-refractivity contribution in [3.8, 4) is 5.75 Å². The fraction of sp³-hybridized carbons (Fsp3) is 0.448. The second-order valence-corrected chi connectivity index (χ2v) is 10.6. The van der Waals surface area contributed by atoms with Gasteiger partial charge in [-0.05, 0) is 61.2 Å². The molecule has 0 aliphatic carbocycles. The van der Waals surface area contributed by atoms with E-state index in [9.17, 15) is 19.2 Å². The quantitative estimate of drug-likeness (QED) is 0.575. The summed E-state index contributed by atoms with van der Waals surface area (Å²) in [4.78, 5) is 58.3. The minimum Gasteiger partial charge on any atom is -0.497 e. The number of methoxy groups -OCH3 is 1. The molecule has 9 nitrogen and oxygen atoms in total. The fourth-order valence-electron chi connectivity index (χ4n) is 5.31. The van der Waals surface area contributed by atoms with Gasteiger partial charge in [-0.1, -0.05) is 19.9 Å². The van der Waals surface area contributed by atoms with E-state index in [1.54, 1.807) is 46.2 Å². The van der Waals surface area contributed by atoms with Crippen molar-refractivity contribution < 1.29 is 23.9 Å². The Morgan fingerprint density at radius 2 is 1.76 bits per heavy atom. The molecule has 0 radical (unpaired) electrons. The van der Waals surface area contributed by atoms with Crippen LogP contribution in [0.25, 0.3) is 0 Å². The number of benzene rings is 2. The number of nitrogens with one attached hydrogen (secondary N) is 1. The van der Waals surface area contributed by atoms with Gasteiger partial charge in [0.15, 0.2) is 5.78 Å². The number of hydrogen-bond acceptors (Lipinski definition) is 6. The van der Waals surface area contributed by atoms with Crippen molar-refractivity contribution in [1.82, 2.24) is 15.1 Å². The SMILES string of the molecule is COc1cccc(C(=O)N2CC(=O)[C@@H]3C2CCN3C(=O)[C@H](CC(C)C)NC(=O)c2ccc(N(C)C)cc2)c1. The molecule has 2 saturated heterocycles. The lowest BCUT2D eigenvalue weighted by molar-refractivity contribution is -0.138. The Kier molecular flexibility index (Phi) is 8.04. The summed E-state index contributed by atoms with van der Waals surface area (Å²) in [5, 5.41) is 2.91. The summed E-state index contributed by atoms with van der Waals surface area (Å²) in [6.07, 6.45) is 0.946. The number of carbonyl (C=O) groups is 4. The van der Waals surface area contributed by atoms with Gasteiger partial charge in [-0.2, -0.15) is 0 Å². The molecule has 202 valence electrons. The van der Waals surface area contributed by atoms with Crippen LogP contribution in [0.5, 0.6) is 5.75 Å². The maximum absolute atomic E-state index is 13.7. The molecule has 2 aromatic carbocycles. The third-order valence-electron chi connectivity index (χ3n) is 7.24. The highest BCUT2D eigenvalue weighted by molar-refractivity contribution is 6.03. The Labute approximate surface area is 223 Å². The molecule has 3 amide bonds. The van der Waals surface area contributed by atoms with Gasteiger partial charge in [0.1, 0.15) is 17.8 Å². The molecule has 4 rings (SSSR count). The molecule has 2 fully saturated rings. The first-order valence-electron chi connectivity index (χ1n) is 13.0. The highest BCUT2D eigenvalue weighted by atomic mass is 16.5. The average Bonchev–Trinajstić information content (AvgIpc) is 3.48. The number of likely N-dealkylation sites (tertiary alicyclic amines) is 2. The molecule has 9 heteroatoms. The summed E-state index contributed by atoms with van der Waals surface area (Å²) in [5.41, 5.74) is 1.86. The lowest BCUT2D eigenvalue weighted by Gasteiger charge is -2.29. The van der Waals surface area contributed by atoms with Crippen molar-refractivity contribution in [2.24, 2.45) is 5.92 Å². The fourth-order valence-corrected chi connectivity index (χ4v) is 5.31. The second kappa shape index (κ2) is 11.2. The van der Waals surface area contributed by atoms with Gasteiger partial charge in [-0.25, -0.2) is 0 Å². The van der Waals surface area contributed by atoms with Crippen LogP contribution in [0, 0.1) is 5.92 Å². The molecule has 38 heavy (non-hydrogen) atoms. The Morgan fingerprint density at radius 3 is 2.39 bits per heavy atom. The van der Waals surface area contributed by atoms with E-state index in [0.717, 1.165) is 5.69 Å². The lowest BCUT2D eigenvalue weighted by atomic mass is 10.0. The highest BCUT2D eigenvalue weighted by Crippen LogP contribution is 2.32. The Hall–Kier alpha value is -3.88. The van der Waals surface area contributed by atoms with Crippen LogP contribution < -0.4 is 15.0 Å². The van der Waals surface area contributed by atoms with Crippen LogP contribution in [0.15, 0.2) is 48.5 Å². The van der Waals surface area contributed by atoms with Crippen LogP contribution in [0.2, 0.25) is 0 Å². The Bertz CT molecular complexity index is 1210. The minimum absolute atomic E-state index is 0.0470. The van der Waals surface area contributed by atoms with Gasteiger partial charge in [-0.15, -0.1) is 0 Å². The number of anilines is 1. The zero-order valence-electron chi connectivity index (χ0n) is 22.6. The van der Waals surface area contributed by atoms with E-state index < -0.39 is 12.1 Å². The molecule has 2 heterocycles. The molecule has 3 atom stereocenters. The number of fused-ring (bicyclic) bond motifs is 1. The number of hydrogen-bond donors (Lipinski definition) is 1. The summed E-state index contributed by atoms with van der Waals surface area (Å²) in [5.74, 6) is -0.335. The molecule has 0 aromatic heterocycles. The smallest absolute Gasteiger partial charge is 0.254 e. The Balaban J connectivity index is 1.50. The summed E-state index contributed by atoms with van der Waals surface area (Å²) >= 11 is 0. The first-order chi connectivity index (χ1) is 18.1. The van der Waals surface area contributed by atoms with E-state index in [1.807, 2.05) is 45.0 Å².